The number of amides is 3. The fraction of sp³-hybridized carbons (Fsp3) is 0.421. The van der Waals surface area contributed by atoms with Crippen molar-refractivity contribution in [3.8, 4) is 22.6 Å². The molecule has 12 nitrogen and oxygen atoms in total. The SMILES string of the molecule is CC(C)[C@H]1C(O)[C@@H](C(N)=O)C(=O)[C@]2(O)C(O)[C@H]3C(=O)c4c(O)ccc(-c5ccc(NC(=O)Nc6ccc(OC(F)(F)F)cc6)cc5)c4C[C@]3(C)C[C@]12C. The number of ether oxygens (including phenoxy) is 1. The number of urea groups is 1. The van der Waals surface area contributed by atoms with Crippen LogP contribution in [0.4, 0.5) is 29.3 Å². The molecule has 2 unspecified atom stereocenters. The Balaban J connectivity index is 1.30. The van der Waals surface area contributed by atoms with Gasteiger partial charge >= 0.3 is 12.4 Å². The Labute approximate surface area is 302 Å². The molecule has 8 N–H and O–H groups in total. The number of nitrogens with two attached hydrogens (primary N) is 1. The molecule has 3 aliphatic rings. The molecule has 0 aliphatic heterocycles. The molecule has 0 aromatic heterocycles. The summed E-state index contributed by atoms with van der Waals surface area (Å²) in [6, 6.07) is 13.4. The minimum absolute atomic E-state index is 0.00825. The number of hydrogen-bond donors (Lipinski definition) is 7. The van der Waals surface area contributed by atoms with Crippen molar-refractivity contribution < 1.29 is 57.5 Å². The van der Waals surface area contributed by atoms with E-state index < -0.39 is 82.0 Å². The largest absolute Gasteiger partial charge is 0.573 e. The number of phenols is 1. The Hall–Kier alpha value is -4.99. The highest BCUT2D eigenvalue weighted by atomic mass is 19.4. The predicted molar refractivity (Wildman–Crippen MR) is 185 cm³/mol. The molecule has 0 spiro atoms. The van der Waals surface area contributed by atoms with E-state index in [4.69, 9.17) is 5.73 Å². The maximum absolute atomic E-state index is 14.4. The Bertz CT molecular complexity index is 1990. The van der Waals surface area contributed by atoms with E-state index in [0.717, 1.165) is 12.1 Å². The monoisotopic (exact) mass is 739 g/mol. The summed E-state index contributed by atoms with van der Waals surface area (Å²) in [5, 5.41) is 51.8. The number of aliphatic hydroxyl groups excluding tert-OH is 2. The normalized spacial score (nSPS) is 30.9. The number of nitrogens with one attached hydrogen (secondary N) is 2. The number of fused-ring (bicyclic) bond motifs is 3. The number of hydrogen-bond acceptors (Lipinski definition) is 9. The van der Waals surface area contributed by atoms with Gasteiger partial charge in [-0.3, -0.25) is 14.4 Å². The van der Waals surface area contributed by atoms with Crippen molar-refractivity contribution in [2.45, 2.75) is 64.7 Å². The lowest BCUT2D eigenvalue weighted by Gasteiger charge is -2.66. The lowest BCUT2D eigenvalue weighted by molar-refractivity contribution is -0.274. The zero-order chi connectivity index (χ0) is 39.0. The molecule has 0 radical (unpaired) electrons. The molecular weight excluding hydrogens is 699 g/mol. The molecule has 2 saturated carbocycles. The molecule has 15 heteroatoms. The minimum Gasteiger partial charge on any atom is -0.507 e. The third-order valence-corrected chi connectivity index (χ3v) is 11.5. The molecule has 53 heavy (non-hydrogen) atoms. The van der Waals surface area contributed by atoms with Crippen LogP contribution in [0.3, 0.4) is 0 Å². The van der Waals surface area contributed by atoms with Crippen LogP contribution >= 0.6 is 0 Å². The second-order valence-corrected chi connectivity index (χ2v) is 15.2. The van der Waals surface area contributed by atoms with Crippen molar-refractivity contribution in [3.05, 3.63) is 71.8 Å². The third-order valence-electron chi connectivity index (χ3n) is 11.5. The van der Waals surface area contributed by atoms with Crippen LogP contribution in [-0.4, -0.2) is 68.1 Å². The van der Waals surface area contributed by atoms with Gasteiger partial charge in [0, 0.05) is 16.8 Å². The molecule has 8 atom stereocenters. The first-order chi connectivity index (χ1) is 24.6. The molecule has 0 heterocycles. The highest BCUT2D eigenvalue weighted by Crippen LogP contribution is 2.66. The molecule has 0 saturated heterocycles. The summed E-state index contributed by atoms with van der Waals surface area (Å²) in [5.41, 5.74) is 2.43. The highest BCUT2D eigenvalue weighted by molar-refractivity contribution is 6.10. The van der Waals surface area contributed by atoms with Gasteiger partial charge in [0.15, 0.2) is 17.2 Å². The number of carbonyl (C=O) groups excluding carboxylic acids is 4. The number of ketones is 2. The number of halogens is 3. The molecule has 0 bridgehead atoms. The minimum atomic E-state index is -4.85. The molecule has 6 rings (SSSR count). The quantitative estimate of drug-likeness (QED) is 0.173. The van der Waals surface area contributed by atoms with E-state index >= 15 is 0 Å². The highest BCUT2D eigenvalue weighted by Gasteiger charge is 2.76. The van der Waals surface area contributed by atoms with E-state index in [1.807, 2.05) is 0 Å². The lowest BCUT2D eigenvalue weighted by Crippen LogP contribution is -2.79. The third kappa shape index (κ3) is 6.09. The first-order valence-corrected chi connectivity index (χ1v) is 17.0. The van der Waals surface area contributed by atoms with E-state index in [1.165, 1.54) is 18.2 Å². The van der Waals surface area contributed by atoms with E-state index in [2.05, 4.69) is 15.4 Å². The van der Waals surface area contributed by atoms with Gasteiger partial charge in [-0.2, -0.15) is 0 Å². The average Bonchev–Trinajstić information content (AvgIpc) is 3.03. The first-order valence-electron chi connectivity index (χ1n) is 17.0. The molecule has 3 aliphatic carbocycles. The average molecular weight is 740 g/mol. The summed E-state index contributed by atoms with van der Waals surface area (Å²) in [5.74, 6) is -8.23. The molecular formula is C38H40F3N3O9. The number of aromatic hydroxyl groups is 1. The van der Waals surface area contributed by atoms with Crippen molar-refractivity contribution >= 4 is 34.9 Å². The van der Waals surface area contributed by atoms with E-state index in [1.54, 1.807) is 58.0 Å². The Morgan fingerprint density at radius 3 is 2.04 bits per heavy atom. The van der Waals surface area contributed by atoms with E-state index in [-0.39, 0.29) is 35.8 Å². The standard InChI is InChI=1S/C38H40F3N3O9/c1-17(2)27-30(47)26(33(42)50)31(48)37(52)32(49)28-29(46)25-23(15-35(28,3)16-36(27,37)4)22(13-14-24(25)45)18-5-7-19(8-6-18)43-34(51)44-20-9-11-21(12-10-20)53-38(39,40)41/h5-14,17,26-28,30,32,45,47,49,52H,15-16H2,1-4H3,(H2,42,50)(H2,43,44,51)/t26-,27+,28-,30?,32?,35-,36-,37+/m1/s1. The van der Waals surface area contributed by atoms with Gasteiger partial charge < -0.3 is 41.5 Å². The fourth-order valence-corrected chi connectivity index (χ4v) is 9.57. The maximum atomic E-state index is 14.4. The summed E-state index contributed by atoms with van der Waals surface area (Å²) in [7, 11) is 0. The smallest absolute Gasteiger partial charge is 0.507 e. The number of aliphatic hydroxyl groups is 3. The molecule has 3 amide bonds. The van der Waals surface area contributed by atoms with Gasteiger partial charge in [0.05, 0.1) is 17.6 Å². The second kappa shape index (κ2) is 12.8. The van der Waals surface area contributed by atoms with E-state index in [0.29, 0.717) is 22.4 Å². The summed E-state index contributed by atoms with van der Waals surface area (Å²) in [4.78, 5) is 53.4. The van der Waals surface area contributed by atoms with Gasteiger partial charge in [0.25, 0.3) is 0 Å². The van der Waals surface area contributed by atoms with Crippen LogP contribution in [0.5, 0.6) is 11.5 Å². The van der Waals surface area contributed by atoms with Gasteiger partial charge in [0.1, 0.15) is 23.5 Å². The summed E-state index contributed by atoms with van der Waals surface area (Å²) in [6.45, 7) is 6.88. The van der Waals surface area contributed by atoms with Gasteiger partial charge in [-0.25, -0.2) is 4.79 Å². The zero-order valence-corrected chi connectivity index (χ0v) is 29.2. The maximum Gasteiger partial charge on any atom is 0.573 e. The number of phenolic OH excluding ortho intramolecular Hbond substituents is 1. The van der Waals surface area contributed by atoms with Crippen LogP contribution in [0.25, 0.3) is 11.1 Å². The molecule has 3 aromatic carbocycles. The molecule has 282 valence electrons. The Kier molecular flexibility index (Phi) is 9.15. The summed E-state index contributed by atoms with van der Waals surface area (Å²) >= 11 is 0. The second-order valence-electron chi connectivity index (χ2n) is 15.2. The van der Waals surface area contributed by atoms with Crippen LogP contribution in [-0.2, 0) is 16.0 Å². The van der Waals surface area contributed by atoms with Crippen molar-refractivity contribution in [1.82, 2.24) is 0 Å². The number of alkyl halides is 3. The van der Waals surface area contributed by atoms with Gasteiger partial charge in [-0.05, 0) is 89.2 Å². The predicted octanol–water partition coefficient (Wildman–Crippen LogP) is 4.78. The van der Waals surface area contributed by atoms with Crippen molar-refractivity contribution in [3.63, 3.8) is 0 Å². The van der Waals surface area contributed by atoms with Crippen molar-refractivity contribution in [1.29, 1.82) is 0 Å². The summed E-state index contributed by atoms with van der Waals surface area (Å²) < 4.78 is 41.2. The van der Waals surface area contributed by atoms with Gasteiger partial charge in [-0.15, -0.1) is 13.2 Å². The molecule has 2 fully saturated rings. The summed E-state index contributed by atoms with van der Waals surface area (Å²) in [6.07, 6.45) is -8.29. The van der Waals surface area contributed by atoms with Crippen LogP contribution in [0.15, 0.2) is 60.7 Å². The number of Topliss-reactive ketones (excluding diaryl/α,β-unsaturated/α-hetero) is 2. The fourth-order valence-electron chi connectivity index (χ4n) is 9.57. The Morgan fingerprint density at radius 2 is 1.51 bits per heavy atom. The van der Waals surface area contributed by atoms with Gasteiger partial charge in [0.2, 0.25) is 5.91 Å². The van der Waals surface area contributed by atoms with E-state index in [9.17, 15) is 52.8 Å². The van der Waals surface area contributed by atoms with Crippen LogP contribution in [0, 0.1) is 34.5 Å². The van der Waals surface area contributed by atoms with Crippen molar-refractivity contribution in [2.24, 2.45) is 40.2 Å². The van der Waals surface area contributed by atoms with Crippen molar-refractivity contribution in [2.75, 3.05) is 10.6 Å². The topological polar surface area (TPSA) is 209 Å². The number of benzene rings is 3. The van der Waals surface area contributed by atoms with Crippen LogP contribution in [0.1, 0.15) is 50.0 Å². The molecule has 3 aromatic rings. The number of anilines is 2. The van der Waals surface area contributed by atoms with Crippen LogP contribution < -0.4 is 21.1 Å². The number of primary amides is 1. The number of carbonyl (C=O) groups is 4. The zero-order valence-electron chi connectivity index (χ0n) is 29.2. The van der Waals surface area contributed by atoms with Crippen LogP contribution in [0.2, 0.25) is 0 Å². The lowest BCUT2D eigenvalue weighted by atomic mass is 9.39. The first kappa shape index (κ1) is 37.8. The number of rotatable bonds is 6. The Morgan fingerprint density at radius 1 is 0.943 bits per heavy atom. The van der Waals surface area contributed by atoms with Gasteiger partial charge in [-0.1, -0.05) is 45.9 Å².